The third-order valence-electron chi connectivity index (χ3n) is 2.76. The second kappa shape index (κ2) is 5.36. The van der Waals surface area contributed by atoms with Crippen LogP contribution in [-0.2, 0) is 12.0 Å². The van der Waals surface area contributed by atoms with E-state index in [1.54, 1.807) is 24.5 Å². The quantitative estimate of drug-likeness (QED) is 0.927. The molecule has 2 aromatic heterocycles. The van der Waals surface area contributed by atoms with E-state index in [0.717, 1.165) is 0 Å². The van der Waals surface area contributed by atoms with Crippen LogP contribution in [0.15, 0.2) is 34.9 Å². The molecule has 0 fully saturated rings. The van der Waals surface area contributed by atoms with Gasteiger partial charge in [-0.2, -0.15) is 0 Å². The van der Waals surface area contributed by atoms with Gasteiger partial charge in [-0.05, 0) is 18.2 Å². The van der Waals surface area contributed by atoms with Crippen molar-refractivity contribution in [3.8, 4) is 5.88 Å². The van der Waals surface area contributed by atoms with Gasteiger partial charge in [0.25, 0.3) is 0 Å². The molecule has 2 heterocycles. The van der Waals surface area contributed by atoms with Gasteiger partial charge in [-0.15, -0.1) is 0 Å². The van der Waals surface area contributed by atoms with Gasteiger partial charge in [0.05, 0.1) is 17.5 Å². The largest absolute Gasteiger partial charge is 0.478 e. The Hall–Kier alpha value is -2.30. The maximum Gasteiger partial charge on any atom is 0.335 e. The van der Waals surface area contributed by atoms with Crippen molar-refractivity contribution in [3.05, 3.63) is 47.5 Å². The Morgan fingerprint density at radius 3 is 2.70 bits per heavy atom. The summed E-state index contributed by atoms with van der Waals surface area (Å²) in [5.74, 6) is -0.0585. The molecule has 1 N–H and O–H groups in total. The summed E-state index contributed by atoms with van der Waals surface area (Å²) in [6.45, 7) is 6.12. The highest BCUT2D eigenvalue weighted by Crippen LogP contribution is 2.24. The Bertz CT molecular complexity index is 597. The first-order chi connectivity index (χ1) is 9.36. The highest BCUT2D eigenvalue weighted by atomic mass is 16.5. The molecule has 2 rings (SSSR count). The van der Waals surface area contributed by atoms with Crippen LogP contribution in [0.2, 0.25) is 0 Å². The number of carboxylic acid groups (broad SMARTS) is 1. The normalized spacial score (nSPS) is 11.3. The van der Waals surface area contributed by atoms with Crippen LogP contribution in [-0.4, -0.2) is 16.1 Å². The molecule has 20 heavy (non-hydrogen) atoms. The van der Waals surface area contributed by atoms with Crippen LogP contribution in [0.25, 0.3) is 0 Å². The lowest BCUT2D eigenvalue weighted by atomic mass is 9.91. The van der Waals surface area contributed by atoms with Crippen LogP contribution in [0, 0.1) is 0 Å². The van der Waals surface area contributed by atoms with Crippen molar-refractivity contribution in [2.45, 2.75) is 32.8 Å². The van der Waals surface area contributed by atoms with E-state index in [4.69, 9.17) is 14.3 Å². The minimum Gasteiger partial charge on any atom is -0.478 e. The van der Waals surface area contributed by atoms with Crippen LogP contribution in [0.4, 0.5) is 0 Å². The van der Waals surface area contributed by atoms with Crippen LogP contribution in [0.1, 0.15) is 42.6 Å². The van der Waals surface area contributed by atoms with Crippen LogP contribution in [0.3, 0.4) is 0 Å². The van der Waals surface area contributed by atoms with Crippen molar-refractivity contribution in [3.63, 3.8) is 0 Å². The zero-order chi connectivity index (χ0) is 14.8. The van der Waals surface area contributed by atoms with Gasteiger partial charge >= 0.3 is 5.97 Å². The smallest absolute Gasteiger partial charge is 0.335 e. The fourth-order valence-electron chi connectivity index (χ4n) is 1.63. The Balaban J connectivity index is 2.27. The van der Waals surface area contributed by atoms with Gasteiger partial charge in [0, 0.05) is 11.5 Å². The number of rotatable bonds is 4. The van der Waals surface area contributed by atoms with Crippen molar-refractivity contribution < 1.29 is 19.1 Å². The van der Waals surface area contributed by atoms with Crippen molar-refractivity contribution in [1.82, 2.24) is 4.98 Å². The maximum atomic E-state index is 11.2. The van der Waals surface area contributed by atoms with E-state index in [2.05, 4.69) is 4.98 Å². The highest BCUT2D eigenvalue weighted by molar-refractivity contribution is 5.88. The molecule has 0 aliphatic carbocycles. The number of hydrogen-bond donors (Lipinski definition) is 1. The number of carboxylic acids is 1. The van der Waals surface area contributed by atoms with E-state index < -0.39 is 5.97 Å². The molecule has 0 aliphatic rings. The van der Waals surface area contributed by atoms with Crippen molar-refractivity contribution in [1.29, 1.82) is 0 Å². The molecule has 5 heteroatoms. The SMILES string of the molecule is CC(C)(C)c1cc(C(=O)O)cc(OCc2ccco2)n1. The van der Waals surface area contributed by atoms with Gasteiger partial charge in [-0.25, -0.2) is 9.78 Å². The van der Waals surface area contributed by atoms with Gasteiger partial charge in [0.2, 0.25) is 5.88 Å². The summed E-state index contributed by atoms with van der Waals surface area (Å²) in [6, 6.07) is 6.54. The summed E-state index contributed by atoms with van der Waals surface area (Å²) in [7, 11) is 0. The second-order valence-corrected chi connectivity index (χ2v) is 5.50. The molecule has 0 aliphatic heterocycles. The molecule has 0 saturated heterocycles. The van der Waals surface area contributed by atoms with Gasteiger partial charge in [0.15, 0.2) is 0 Å². The first-order valence-corrected chi connectivity index (χ1v) is 6.27. The highest BCUT2D eigenvalue weighted by Gasteiger charge is 2.19. The summed E-state index contributed by atoms with van der Waals surface area (Å²) in [5, 5.41) is 9.15. The molecule has 5 nitrogen and oxygen atoms in total. The number of carbonyl (C=O) groups is 1. The third kappa shape index (κ3) is 3.38. The van der Waals surface area contributed by atoms with Crippen molar-refractivity contribution >= 4 is 5.97 Å². The second-order valence-electron chi connectivity index (χ2n) is 5.50. The minimum absolute atomic E-state index is 0.166. The molecular weight excluding hydrogens is 258 g/mol. The number of aromatic carboxylic acids is 1. The first kappa shape index (κ1) is 14.1. The lowest BCUT2D eigenvalue weighted by Crippen LogP contribution is -2.15. The van der Waals surface area contributed by atoms with Gasteiger partial charge < -0.3 is 14.3 Å². The standard InChI is InChI=1S/C15H17NO4/c1-15(2,3)12-7-10(14(17)18)8-13(16-12)20-9-11-5-4-6-19-11/h4-8H,9H2,1-3H3,(H,17,18). The third-order valence-corrected chi connectivity index (χ3v) is 2.76. The Morgan fingerprint density at radius 2 is 2.15 bits per heavy atom. The van der Waals surface area contributed by atoms with Gasteiger partial charge in [-0.3, -0.25) is 0 Å². The molecule has 0 radical (unpaired) electrons. The van der Waals surface area contributed by atoms with E-state index >= 15 is 0 Å². The summed E-state index contributed by atoms with van der Waals surface area (Å²) >= 11 is 0. The predicted octanol–water partition coefficient (Wildman–Crippen LogP) is 3.25. The molecule has 0 unspecified atom stereocenters. The number of ether oxygens (including phenoxy) is 1. The molecule has 0 atom stereocenters. The van der Waals surface area contributed by atoms with Crippen molar-refractivity contribution in [2.75, 3.05) is 0 Å². The van der Waals surface area contributed by atoms with E-state index in [0.29, 0.717) is 11.5 Å². The Labute approximate surface area is 117 Å². The average Bonchev–Trinajstić information content (AvgIpc) is 2.88. The van der Waals surface area contributed by atoms with E-state index in [1.165, 1.54) is 6.07 Å². The lowest BCUT2D eigenvalue weighted by Gasteiger charge is -2.19. The number of hydrogen-bond acceptors (Lipinski definition) is 4. The zero-order valence-electron chi connectivity index (χ0n) is 11.7. The molecule has 0 aromatic carbocycles. The fourth-order valence-corrected chi connectivity index (χ4v) is 1.63. The van der Waals surface area contributed by atoms with E-state index in [9.17, 15) is 4.79 Å². The molecule has 106 valence electrons. The summed E-state index contributed by atoms with van der Waals surface area (Å²) in [5.41, 5.74) is 0.583. The number of aromatic nitrogens is 1. The van der Waals surface area contributed by atoms with Gasteiger partial charge in [-0.1, -0.05) is 20.8 Å². The molecule has 0 bridgehead atoms. The first-order valence-electron chi connectivity index (χ1n) is 6.27. The Kier molecular flexibility index (Phi) is 3.79. The minimum atomic E-state index is -0.999. The van der Waals surface area contributed by atoms with Gasteiger partial charge in [0.1, 0.15) is 12.4 Å². The summed E-state index contributed by atoms with van der Waals surface area (Å²) in [4.78, 5) is 15.5. The molecule has 0 saturated carbocycles. The molecular formula is C15H17NO4. The topological polar surface area (TPSA) is 72.6 Å². The Morgan fingerprint density at radius 1 is 1.40 bits per heavy atom. The lowest BCUT2D eigenvalue weighted by molar-refractivity contribution is 0.0696. The zero-order valence-corrected chi connectivity index (χ0v) is 11.7. The van der Waals surface area contributed by atoms with Crippen LogP contribution < -0.4 is 4.74 Å². The molecule has 0 amide bonds. The molecule has 2 aromatic rings. The fraction of sp³-hybridized carbons (Fsp3) is 0.333. The average molecular weight is 275 g/mol. The van der Waals surface area contributed by atoms with E-state index in [1.807, 2.05) is 20.8 Å². The number of pyridine rings is 1. The van der Waals surface area contributed by atoms with Crippen molar-refractivity contribution in [2.24, 2.45) is 0 Å². The number of nitrogens with zero attached hydrogens (tertiary/aromatic N) is 1. The summed E-state index contributed by atoms with van der Waals surface area (Å²) in [6.07, 6.45) is 1.56. The van der Waals surface area contributed by atoms with Crippen LogP contribution in [0.5, 0.6) is 5.88 Å². The summed E-state index contributed by atoms with van der Waals surface area (Å²) < 4.78 is 10.7. The monoisotopic (exact) mass is 275 g/mol. The van der Waals surface area contributed by atoms with Crippen LogP contribution >= 0.6 is 0 Å². The molecule has 0 spiro atoms. The number of furan rings is 1. The predicted molar refractivity (Wildman–Crippen MR) is 72.9 cm³/mol. The van der Waals surface area contributed by atoms with E-state index in [-0.39, 0.29) is 23.5 Å². The maximum absolute atomic E-state index is 11.2.